The average Bonchev–Trinajstić information content (AvgIpc) is 3.94. The molecule has 3 heterocycles. The molecule has 370 valence electrons. The fourth-order valence-corrected chi connectivity index (χ4v) is 10.1. The van der Waals surface area contributed by atoms with Crippen molar-refractivity contribution in [2.45, 2.75) is 6.18 Å². The minimum atomic E-state index is -4.92. The third-order valence-electron chi connectivity index (χ3n) is 13.8. The molecule has 0 atom stereocenters. The standard InChI is InChI=1S/C67H36F3N9/c68-67(69,70)51-33-56(65-75-58(43-13-5-1-6-14-43)35-59(76-65)44-15-7-2-8-16-44)64(57(34-51)66-77-60(45-17-9-3-10-18-45)36-61(78-66)46-19-11-4-12-20-46)79-62-31-47(52-25-21-41(37-71)29-49(52)39-73)23-27-54(62)55-28-24-48(32-63(55)79)53-26-22-42(38-72)30-50(53)40-74/h1-36H. The van der Waals surface area contributed by atoms with Gasteiger partial charge in [-0.2, -0.15) is 34.2 Å². The summed E-state index contributed by atoms with van der Waals surface area (Å²) in [5.74, 6) is -0.0739. The number of benzene rings is 9. The number of hydrogen-bond donors (Lipinski definition) is 0. The van der Waals surface area contributed by atoms with E-state index in [0.29, 0.717) is 100 Å². The van der Waals surface area contributed by atoms with Gasteiger partial charge >= 0.3 is 6.18 Å². The molecule has 79 heavy (non-hydrogen) atoms. The van der Waals surface area contributed by atoms with Crippen LogP contribution in [0.25, 0.3) is 118 Å². The van der Waals surface area contributed by atoms with E-state index in [9.17, 15) is 21.0 Å². The van der Waals surface area contributed by atoms with Crippen molar-refractivity contribution in [2.24, 2.45) is 0 Å². The fraction of sp³-hybridized carbons (Fsp3) is 0.0149. The van der Waals surface area contributed by atoms with Gasteiger partial charge in [0.1, 0.15) is 0 Å². The first-order chi connectivity index (χ1) is 38.6. The van der Waals surface area contributed by atoms with Crippen LogP contribution in [-0.2, 0) is 6.18 Å². The number of fused-ring (bicyclic) bond motifs is 3. The monoisotopic (exact) mass is 1020 g/mol. The zero-order valence-corrected chi connectivity index (χ0v) is 41.4. The molecule has 0 fully saturated rings. The predicted molar refractivity (Wildman–Crippen MR) is 299 cm³/mol. The summed E-state index contributed by atoms with van der Waals surface area (Å²) in [6.45, 7) is 0. The second kappa shape index (κ2) is 20.1. The third-order valence-corrected chi connectivity index (χ3v) is 13.8. The van der Waals surface area contributed by atoms with Crippen molar-refractivity contribution in [3.05, 3.63) is 246 Å². The van der Waals surface area contributed by atoms with Gasteiger partial charge in [-0.3, -0.25) is 0 Å². The van der Waals surface area contributed by atoms with Crippen molar-refractivity contribution in [2.75, 3.05) is 0 Å². The quantitative estimate of drug-likeness (QED) is 0.139. The third kappa shape index (κ3) is 9.15. The van der Waals surface area contributed by atoms with Crippen molar-refractivity contribution in [1.29, 1.82) is 21.0 Å². The highest BCUT2D eigenvalue weighted by atomic mass is 19.4. The van der Waals surface area contributed by atoms with E-state index < -0.39 is 11.7 Å². The lowest BCUT2D eigenvalue weighted by Crippen LogP contribution is -2.11. The van der Waals surface area contributed by atoms with Gasteiger partial charge < -0.3 is 4.57 Å². The minimum absolute atomic E-state index is 0.0171. The number of aromatic nitrogens is 5. The SMILES string of the molecule is N#Cc1ccc(-c2ccc3c4ccc(-c5ccc(C#N)cc5C#N)cc4n(-c4c(-c5nc(-c6ccccc6)cc(-c6ccccc6)n5)cc(C(F)(F)F)cc4-c4nc(-c5ccccc5)cc(-c5ccccc5)n4)c3c2)c(C#N)c1. The summed E-state index contributed by atoms with van der Waals surface area (Å²) in [6.07, 6.45) is -4.92. The number of alkyl halides is 3. The summed E-state index contributed by atoms with van der Waals surface area (Å²) in [7, 11) is 0. The second-order valence-electron chi connectivity index (χ2n) is 18.6. The minimum Gasteiger partial charge on any atom is -0.308 e. The van der Waals surface area contributed by atoms with E-state index in [2.05, 4.69) is 24.3 Å². The zero-order chi connectivity index (χ0) is 54.2. The molecule has 0 radical (unpaired) electrons. The molecule has 0 N–H and O–H groups in total. The topological polar surface area (TPSA) is 152 Å². The van der Waals surface area contributed by atoms with Crippen molar-refractivity contribution in [3.8, 4) is 120 Å². The summed E-state index contributed by atoms with van der Waals surface area (Å²) in [5.41, 5.74) is 7.98. The molecule has 0 bridgehead atoms. The lowest BCUT2D eigenvalue weighted by molar-refractivity contribution is -0.137. The van der Waals surface area contributed by atoms with Crippen LogP contribution in [0.5, 0.6) is 0 Å². The average molecular weight is 1020 g/mol. The lowest BCUT2D eigenvalue weighted by Gasteiger charge is -2.22. The van der Waals surface area contributed by atoms with E-state index in [1.165, 1.54) is 12.1 Å². The Morgan fingerprint density at radius 1 is 0.342 bits per heavy atom. The molecule has 12 heteroatoms. The number of nitriles is 4. The maximum absolute atomic E-state index is 16.1. The first kappa shape index (κ1) is 48.6. The molecule has 0 unspecified atom stereocenters. The maximum atomic E-state index is 16.1. The first-order valence-corrected chi connectivity index (χ1v) is 24.8. The fourth-order valence-electron chi connectivity index (χ4n) is 10.1. The Morgan fingerprint density at radius 2 is 0.696 bits per heavy atom. The summed E-state index contributed by atoms with van der Waals surface area (Å²) in [5, 5.41) is 42.0. The number of halogens is 3. The predicted octanol–water partition coefficient (Wildman–Crippen LogP) is 16.2. The van der Waals surface area contributed by atoms with Crippen LogP contribution in [0, 0.1) is 45.3 Å². The normalized spacial score (nSPS) is 11.2. The molecule has 0 saturated heterocycles. The molecule has 9 aromatic carbocycles. The van der Waals surface area contributed by atoms with Crippen LogP contribution in [0.1, 0.15) is 27.8 Å². The van der Waals surface area contributed by atoms with Gasteiger partial charge in [0, 0.05) is 44.2 Å². The zero-order valence-electron chi connectivity index (χ0n) is 41.4. The van der Waals surface area contributed by atoms with Crippen LogP contribution >= 0.6 is 0 Å². The molecular formula is C67H36F3N9. The lowest BCUT2D eigenvalue weighted by atomic mass is 9.96. The van der Waals surface area contributed by atoms with Crippen LogP contribution < -0.4 is 0 Å². The van der Waals surface area contributed by atoms with Crippen molar-refractivity contribution in [1.82, 2.24) is 24.5 Å². The van der Waals surface area contributed by atoms with E-state index in [-0.39, 0.29) is 39.6 Å². The smallest absolute Gasteiger partial charge is 0.308 e. The first-order valence-electron chi connectivity index (χ1n) is 24.8. The number of nitrogens with zero attached hydrogens (tertiary/aromatic N) is 9. The largest absolute Gasteiger partial charge is 0.416 e. The van der Waals surface area contributed by atoms with E-state index in [0.717, 1.165) is 12.1 Å². The van der Waals surface area contributed by atoms with Crippen LogP contribution in [-0.4, -0.2) is 24.5 Å². The highest BCUT2D eigenvalue weighted by molar-refractivity contribution is 6.12. The Morgan fingerprint density at radius 3 is 1.01 bits per heavy atom. The molecule has 0 spiro atoms. The molecule has 12 rings (SSSR count). The van der Waals surface area contributed by atoms with Crippen molar-refractivity contribution in [3.63, 3.8) is 0 Å². The maximum Gasteiger partial charge on any atom is 0.416 e. The van der Waals surface area contributed by atoms with Crippen LogP contribution in [0.15, 0.2) is 218 Å². The highest BCUT2D eigenvalue weighted by Crippen LogP contribution is 2.46. The van der Waals surface area contributed by atoms with Gasteiger partial charge in [0.05, 0.1) is 91.6 Å². The molecule has 0 amide bonds. The van der Waals surface area contributed by atoms with Gasteiger partial charge in [-0.15, -0.1) is 0 Å². The van der Waals surface area contributed by atoms with Crippen LogP contribution in [0.3, 0.4) is 0 Å². The van der Waals surface area contributed by atoms with Crippen molar-refractivity contribution < 1.29 is 13.2 Å². The van der Waals surface area contributed by atoms with E-state index in [4.69, 9.17) is 19.9 Å². The molecule has 9 nitrogen and oxygen atoms in total. The molecule has 0 aliphatic heterocycles. The van der Waals surface area contributed by atoms with Crippen LogP contribution in [0.4, 0.5) is 13.2 Å². The Bertz CT molecular complexity index is 4170. The highest BCUT2D eigenvalue weighted by Gasteiger charge is 2.35. The van der Waals surface area contributed by atoms with Gasteiger partial charge in [-0.1, -0.05) is 158 Å². The molecule has 3 aromatic heterocycles. The summed E-state index contributed by atoms with van der Waals surface area (Å²) >= 11 is 0. The summed E-state index contributed by atoms with van der Waals surface area (Å²) in [6, 6.07) is 72.8. The molecule has 12 aromatic rings. The van der Waals surface area contributed by atoms with Gasteiger partial charge in [0.15, 0.2) is 11.6 Å². The van der Waals surface area contributed by atoms with E-state index in [1.54, 1.807) is 24.3 Å². The molecule has 0 aliphatic rings. The van der Waals surface area contributed by atoms with Gasteiger partial charge in [0.25, 0.3) is 0 Å². The Balaban J connectivity index is 1.29. The van der Waals surface area contributed by atoms with Crippen LogP contribution in [0.2, 0.25) is 0 Å². The second-order valence-corrected chi connectivity index (χ2v) is 18.6. The van der Waals surface area contributed by atoms with E-state index in [1.807, 2.05) is 174 Å². The number of rotatable bonds is 9. The summed E-state index contributed by atoms with van der Waals surface area (Å²) < 4.78 is 50.1. The Hall–Kier alpha value is -11.3. The molecular weight excluding hydrogens is 988 g/mol. The van der Waals surface area contributed by atoms with Gasteiger partial charge in [0.2, 0.25) is 0 Å². The number of hydrogen-bond acceptors (Lipinski definition) is 8. The van der Waals surface area contributed by atoms with E-state index >= 15 is 13.2 Å². The Labute approximate surface area is 450 Å². The van der Waals surface area contributed by atoms with Crippen molar-refractivity contribution >= 4 is 21.8 Å². The molecule has 0 saturated carbocycles. The van der Waals surface area contributed by atoms with Gasteiger partial charge in [-0.05, 0) is 82.9 Å². The summed E-state index contributed by atoms with van der Waals surface area (Å²) in [4.78, 5) is 20.7. The van der Waals surface area contributed by atoms with Gasteiger partial charge in [-0.25, -0.2) is 19.9 Å². The molecule has 0 aliphatic carbocycles. The Kier molecular flexibility index (Phi) is 12.4.